The van der Waals surface area contributed by atoms with Crippen molar-refractivity contribution in [3.63, 3.8) is 0 Å². The highest BCUT2D eigenvalue weighted by atomic mass is 35.5. The lowest BCUT2D eigenvalue weighted by molar-refractivity contribution is 0.122. The Morgan fingerprint density at radius 2 is 2.00 bits per heavy atom. The van der Waals surface area contributed by atoms with Crippen LogP contribution in [-0.4, -0.2) is 36.3 Å². The number of rotatable bonds is 3. The quantitative estimate of drug-likeness (QED) is 0.944. The van der Waals surface area contributed by atoms with Gasteiger partial charge in [0.15, 0.2) is 0 Å². The Bertz CT molecular complexity index is 629. The minimum absolute atomic E-state index is 0.582. The smallest absolute Gasteiger partial charge is 0.229 e. The van der Waals surface area contributed by atoms with Crippen molar-refractivity contribution in [1.29, 1.82) is 0 Å². The van der Waals surface area contributed by atoms with Gasteiger partial charge in [0.25, 0.3) is 0 Å². The molecule has 0 spiro atoms. The molecule has 21 heavy (non-hydrogen) atoms. The van der Waals surface area contributed by atoms with Gasteiger partial charge in [0.1, 0.15) is 5.82 Å². The fraction of sp³-hybridized carbons (Fsp3) is 0.333. The van der Waals surface area contributed by atoms with Crippen LogP contribution in [0.1, 0.15) is 5.69 Å². The van der Waals surface area contributed by atoms with E-state index in [1.165, 1.54) is 0 Å². The molecule has 0 unspecified atom stereocenters. The van der Waals surface area contributed by atoms with E-state index in [1.807, 2.05) is 37.3 Å². The standard InChI is InChI=1S/C15H17ClN4O/c1-11-9-14(20-5-7-21-8-6-20)19-15(17-11)18-13-4-2-3-12(16)10-13/h2-4,9-10H,5-8H2,1H3,(H,17,18,19). The summed E-state index contributed by atoms with van der Waals surface area (Å²) in [5, 5.41) is 3.88. The Labute approximate surface area is 128 Å². The van der Waals surface area contributed by atoms with Gasteiger partial charge in [0.05, 0.1) is 13.2 Å². The van der Waals surface area contributed by atoms with Gasteiger partial charge in [-0.1, -0.05) is 17.7 Å². The summed E-state index contributed by atoms with van der Waals surface area (Å²) >= 11 is 5.99. The molecule has 0 aliphatic carbocycles. The summed E-state index contributed by atoms with van der Waals surface area (Å²) in [5.41, 5.74) is 1.80. The number of benzene rings is 1. The lowest BCUT2D eigenvalue weighted by Crippen LogP contribution is -2.36. The monoisotopic (exact) mass is 304 g/mol. The molecule has 1 aromatic carbocycles. The van der Waals surface area contributed by atoms with Crippen molar-refractivity contribution >= 4 is 29.1 Å². The number of hydrogen-bond donors (Lipinski definition) is 1. The van der Waals surface area contributed by atoms with Crippen LogP contribution in [0, 0.1) is 6.92 Å². The summed E-state index contributed by atoms with van der Waals surface area (Å²) < 4.78 is 5.38. The van der Waals surface area contributed by atoms with E-state index in [4.69, 9.17) is 16.3 Å². The second-order valence-corrected chi connectivity index (χ2v) is 5.36. The molecule has 1 aliphatic rings. The highest BCUT2D eigenvalue weighted by molar-refractivity contribution is 6.30. The van der Waals surface area contributed by atoms with Crippen LogP contribution in [0.2, 0.25) is 5.02 Å². The topological polar surface area (TPSA) is 50.3 Å². The molecule has 2 aromatic rings. The maximum absolute atomic E-state index is 5.99. The second-order valence-electron chi connectivity index (χ2n) is 4.93. The van der Waals surface area contributed by atoms with Gasteiger partial charge in [-0.25, -0.2) is 4.98 Å². The number of nitrogens with one attached hydrogen (secondary N) is 1. The van der Waals surface area contributed by atoms with E-state index in [0.717, 1.165) is 43.5 Å². The molecule has 110 valence electrons. The Kier molecular flexibility index (Phi) is 4.22. The first kappa shape index (κ1) is 14.1. The van der Waals surface area contributed by atoms with E-state index in [9.17, 15) is 0 Å². The van der Waals surface area contributed by atoms with Crippen molar-refractivity contribution in [3.05, 3.63) is 41.0 Å². The van der Waals surface area contributed by atoms with Crippen LogP contribution in [0.25, 0.3) is 0 Å². The van der Waals surface area contributed by atoms with Gasteiger partial charge >= 0.3 is 0 Å². The molecule has 1 N–H and O–H groups in total. The lowest BCUT2D eigenvalue weighted by Gasteiger charge is -2.28. The normalized spacial score (nSPS) is 15.0. The zero-order valence-electron chi connectivity index (χ0n) is 11.8. The summed E-state index contributed by atoms with van der Waals surface area (Å²) in [4.78, 5) is 11.2. The van der Waals surface area contributed by atoms with Crippen LogP contribution in [0.4, 0.5) is 17.5 Å². The molecule has 1 aliphatic heterocycles. The molecule has 0 amide bonds. The van der Waals surface area contributed by atoms with Gasteiger partial charge in [-0.3, -0.25) is 0 Å². The average molecular weight is 305 g/mol. The van der Waals surface area contributed by atoms with E-state index in [-0.39, 0.29) is 0 Å². The second kappa shape index (κ2) is 6.28. The van der Waals surface area contributed by atoms with Crippen LogP contribution in [0.3, 0.4) is 0 Å². The molecular formula is C15H17ClN4O. The zero-order valence-corrected chi connectivity index (χ0v) is 12.6. The van der Waals surface area contributed by atoms with Gasteiger partial charge in [0, 0.05) is 35.6 Å². The molecule has 1 saturated heterocycles. The molecule has 0 bridgehead atoms. The molecule has 6 heteroatoms. The molecule has 0 atom stereocenters. The number of aromatic nitrogens is 2. The molecular weight excluding hydrogens is 288 g/mol. The number of anilines is 3. The van der Waals surface area contributed by atoms with Crippen molar-refractivity contribution in [2.45, 2.75) is 6.92 Å². The molecule has 1 fully saturated rings. The van der Waals surface area contributed by atoms with E-state index in [0.29, 0.717) is 11.0 Å². The minimum Gasteiger partial charge on any atom is -0.378 e. The van der Waals surface area contributed by atoms with Gasteiger partial charge < -0.3 is 15.0 Å². The largest absolute Gasteiger partial charge is 0.378 e. The summed E-state index contributed by atoms with van der Waals surface area (Å²) in [6.07, 6.45) is 0. The molecule has 2 heterocycles. The summed E-state index contributed by atoms with van der Waals surface area (Å²) in [7, 11) is 0. The predicted molar refractivity (Wildman–Crippen MR) is 84.5 cm³/mol. The molecule has 0 saturated carbocycles. The van der Waals surface area contributed by atoms with Gasteiger partial charge in [-0.15, -0.1) is 0 Å². The zero-order chi connectivity index (χ0) is 14.7. The third-order valence-electron chi connectivity index (χ3n) is 3.26. The fourth-order valence-corrected chi connectivity index (χ4v) is 2.45. The first-order valence-electron chi connectivity index (χ1n) is 6.92. The number of ether oxygens (including phenoxy) is 1. The highest BCUT2D eigenvalue weighted by Crippen LogP contribution is 2.21. The van der Waals surface area contributed by atoms with Crippen molar-refractivity contribution in [2.24, 2.45) is 0 Å². The number of nitrogens with zero attached hydrogens (tertiary/aromatic N) is 3. The van der Waals surface area contributed by atoms with E-state index >= 15 is 0 Å². The Balaban J connectivity index is 1.83. The Morgan fingerprint density at radius 1 is 1.19 bits per heavy atom. The van der Waals surface area contributed by atoms with Crippen molar-refractivity contribution in [3.8, 4) is 0 Å². The number of morpholine rings is 1. The number of aryl methyl sites for hydroxylation is 1. The highest BCUT2D eigenvalue weighted by Gasteiger charge is 2.14. The lowest BCUT2D eigenvalue weighted by atomic mass is 10.3. The van der Waals surface area contributed by atoms with Crippen LogP contribution in [-0.2, 0) is 4.74 Å². The van der Waals surface area contributed by atoms with Crippen molar-refractivity contribution in [1.82, 2.24) is 9.97 Å². The molecule has 5 nitrogen and oxygen atoms in total. The van der Waals surface area contributed by atoms with Crippen LogP contribution >= 0.6 is 11.6 Å². The molecule has 3 rings (SSSR count). The summed E-state index contributed by atoms with van der Waals surface area (Å²) in [6, 6.07) is 9.51. The maximum atomic E-state index is 5.99. The fourth-order valence-electron chi connectivity index (χ4n) is 2.26. The van der Waals surface area contributed by atoms with Gasteiger partial charge in [0.2, 0.25) is 5.95 Å². The summed E-state index contributed by atoms with van der Waals surface area (Å²) in [6.45, 7) is 5.15. The predicted octanol–water partition coefficient (Wildman–Crippen LogP) is 3.02. The summed E-state index contributed by atoms with van der Waals surface area (Å²) in [5.74, 6) is 1.51. The average Bonchev–Trinajstić information content (AvgIpc) is 2.47. The van der Waals surface area contributed by atoms with Crippen LogP contribution < -0.4 is 10.2 Å². The molecule has 0 radical (unpaired) electrons. The minimum atomic E-state index is 0.582. The van der Waals surface area contributed by atoms with E-state index in [1.54, 1.807) is 0 Å². The number of hydrogen-bond acceptors (Lipinski definition) is 5. The van der Waals surface area contributed by atoms with Gasteiger partial charge in [-0.05, 0) is 25.1 Å². The third kappa shape index (κ3) is 3.62. The first-order chi connectivity index (χ1) is 10.2. The van der Waals surface area contributed by atoms with Crippen LogP contribution in [0.15, 0.2) is 30.3 Å². The van der Waals surface area contributed by atoms with Gasteiger partial charge in [-0.2, -0.15) is 4.98 Å². The van der Waals surface area contributed by atoms with Crippen molar-refractivity contribution < 1.29 is 4.74 Å². The third-order valence-corrected chi connectivity index (χ3v) is 3.49. The van der Waals surface area contributed by atoms with Crippen molar-refractivity contribution in [2.75, 3.05) is 36.5 Å². The number of halogens is 1. The maximum Gasteiger partial charge on any atom is 0.229 e. The Morgan fingerprint density at radius 3 is 2.76 bits per heavy atom. The SMILES string of the molecule is Cc1cc(N2CCOCC2)nc(Nc2cccc(Cl)c2)n1. The van der Waals surface area contributed by atoms with E-state index < -0.39 is 0 Å². The Hall–Kier alpha value is -1.85. The van der Waals surface area contributed by atoms with E-state index in [2.05, 4.69) is 20.2 Å². The van der Waals surface area contributed by atoms with Crippen LogP contribution in [0.5, 0.6) is 0 Å². The molecule has 1 aromatic heterocycles. The first-order valence-corrected chi connectivity index (χ1v) is 7.29.